The third-order valence-corrected chi connectivity index (χ3v) is 3.70. The van der Waals surface area contributed by atoms with Gasteiger partial charge in [0.2, 0.25) is 0 Å². The van der Waals surface area contributed by atoms with Crippen LogP contribution in [0.15, 0.2) is 24.3 Å². The Morgan fingerprint density at radius 1 is 1.22 bits per heavy atom. The molecular weight excluding hydrogens is 249 g/mol. The molecule has 94 valence electrons. The van der Waals surface area contributed by atoms with Crippen molar-refractivity contribution in [1.82, 2.24) is 0 Å². The number of thiophene rings is 1. The fourth-order valence-corrected chi connectivity index (χ4v) is 2.70. The minimum Gasteiger partial charge on any atom is -0.322 e. The van der Waals surface area contributed by atoms with Gasteiger partial charge in [-0.05, 0) is 44.5 Å². The average Bonchev–Trinajstić information content (AvgIpc) is 2.63. The first-order valence-electron chi connectivity index (χ1n) is 5.62. The highest BCUT2D eigenvalue weighted by molar-refractivity contribution is 7.12. The predicted molar refractivity (Wildman–Crippen MR) is 72.9 cm³/mol. The fourth-order valence-electron chi connectivity index (χ4n) is 1.77. The second kappa shape index (κ2) is 4.90. The van der Waals surface area contributed by atoms with Gasteiger partial charge >= 0.3 is 0 Å². The van der Waals surface area contributed by atoms with Gasteiger partial charge in [-0.15, -0.1) is 11.3 Å². The number of hydrogen-bond donors (Lipinski definition) is 1. The van der Waals surface area contributed by atoms with Crippen molar-refractivity contribution >= 4 is 22.9 Å². The maximum atomic E-state index is 13.1. The van der Waals surface area contributed by atoms with Gasteiger partial charge in [-0.25, -0.2) is 4.39 Å². The first-order valence-corrected chi connectivity index (χ1v) is 6.43. The number of rotatable bonds is 2. The van der Waals surface area contributed by atoms with Gasteiger partial charge < -0.3 is 5.32 Å². The van der Waals surface area contributed by atoms with Crippen molar-refractivity contribution < 1.29 is 9.18 Å². The fraction of sp³-hybridized carbons (Fsp3) is 0.214. The molecule has 4 heteroatoms. The molecule has 1 heterocycles. The summed E-state index contributed by atoms with van der Waals surface area (Å²) in [5.74, 6) is -0.542. The summed E-state index contributed by atoms with van der Waals surface area (Å²) in [5, 5.41) is 2.75. The Kier molecular flexibility index (Phi) is 3.48. The van der Waals surface area contributed by atoms with E-state index in [0.717, 1.165) is 15.3 Å². The van der Waals surface area contributed by atoms with Gasteiger partial charge in [-0.1, -0.05) is 6.07 Å². The molecule has 2 rings (SSSR count). The van der Waals surface area contributed by atoms with E-state index in [1.54, 1.807) is 17.4 Å². The molecule has 0 saturated heterocycles. The number of benzene rings is 1. The maximum Gasteiger partial charge on any atom is 0.256 e. The van der Waals surface area contributed by atoms with Crippen molar-refractivity contribution in [2.75, 3.05) is 5.32 Å². The minimum atomic E-state index is -0.353. The van der Waals surface area contributed by atoms with E-state index >= 15 is 0 Å². The number of nitrogens with one attached hydrogen (secondary N) is 1. The Morgan fingerprint density at radius 3 is 2.56 bits per heavy atom. The van der Waals surface area contributed by atoms with Gasteiger partial charge in [0.15, 0.2) is 0 Å². The summed E-state index contributed by atoms with van der Waals surface area (Å²) < 4.78 is 13.1. The van der Waals surface area contributed by atoms with Crippen molar-refractivity contribution in [2.45, 2.75) is 20.8 Å². The summed E-state index contributed by atoms with van der Waals surface area (Å²) in [7, 11) is 0. The number of halogens is 1. The molecule has 2 nitrogen and oxygen atoms in total. The lowest BCUT2D eigenvalue weighted by Gasteiger charge is -2.08. The second-order valence-electron chi connectivity index (χ2n) is 4.24. The average molecular weight is 263 g/mol. The summed E-state index contributed by atoms with van der Waals surface area (Å²) in [5.41, 5.74) is 2.01. The van der Waals surface area contributed by atoms with E-state index in [1.165, 1.54) is 12.1 Å². The molecule has 0 fully saturated rings. The highest BCUT2D eigenvalue weighted by Crippen LogP contribution is 2.23. The van der Waals surface area contributed by atoms with Crippen LogP contribution in [0.5, 0.6) is 0 Å². The number of carbonyl (C=O) groups is 1. The van der Waals surface area contributed by atoms with E-state index in [2.05, 4.69) is 5.32 Å². The third-order valence-electron chi connectivity index (χ3n) is 2.73. The summed E-state index contributed by atoms with van der Waals surface area (Å²) in [6.45, 7) is 5.70. The molecule has 0 unspecified atom stereocenters. The van der Waals surface area contributed by atoms with Crippen LogP contribution in [-0.2, 0) is 0 Å². The Hall–Kier alpha value is -1.68. The summed E-state index contributed by atoms with van der Waals surface area (Å²) in [6.07, 6.45) is 0. The highest BCUT2D eigenvalue weighted by atomic mass is 32.1. The predicted octanol–water partition coefficient (Wildman–Crippen LogP) is 4.06. The maximum absolute atomic E-state index is 13.1. The molecular formula is C14H14FNOS. The van der Waals surface area contributed by atoms with E-state index in [1.807, 2.05) is 26.8 Å². The molecule has 0 aliphatic heterocycles. The van der Waals surface area contributed by atoms with Gasteiger partial charge in [0, 0.05) is 15.4 Å². The highest BCUT2D eigenvalue weighted by Gasteiger charge is 2.13. The van der Waals surface area contributed by atoms with E-state index in [9.17, 15) is 9.18 Å². The Bertz CT molecular complexity index is 604. The van der Waals surface area contributed by atoms with E-state index in [-0.39, 0.29) is 11.7 Å². The van der Waals surface area contributed by atoms with E-state index < -0.39 is 0 Å². The largest absolute Gasteiger partial charge is 0.322 e. The molecule has 1 aromatic heterocycles. The normalized spacial score (nSPS) is 10.4. The number of aryl methyl sites for hydroxylation is 3. The van der Waals surface area contributed by atoms with Crippen LogP contribution in [0.2, 0.25) is 0 Å². The standard InChI is InChI=1S/C14H14FNOS/c1-8-4-5-11(15)7-13(8)16-14(17)12-6-9(2)18-10(12)3/h4-7H,1-3H3,(H,16,17). The first-order chi connectivity index (χ1) is 8.47. The zero-order valence-corrected chi connectivity index (χ0v) is 11.3. The van der Waals surface area contributed by atoms with Gasteiger partial charge in [0.25, 0.3) is 5.91 Å². The molecule has 18 heavy (non-hydrogen) atoms. The van der Waals surface area contributed by atoms with Crippen LogP contribution in [0.1, 0.15) is 25.7 Å². The number of anilines is 1. The van der Waals surface area contributed by atoms with Crippen molar-refractivity contribution in [3.63, 3.8) is 0 Å². The van der Waals surface area contributed by atoms with Crippen LogP contribution in [0.25, 0.3) is 0 Å². The summed E-state index contributed by atoms with van der Waals surface area (Å²) in [4.78, 5) is 14.1. The lowest BCUT2D eigenvalue weighted by Crippen LogP contribution is -2.13. The van der Waals surface area contributed by atoms with Crippen molar-refractivity contribution in [2.24, 2.45) is 0 Å². The molecule has 2 aromatic rings. The summed E-state index contributed by atoms with van der Waals surface area (Å²) in [6, 6.07) is 6.22. The zero-order valence-electron chi connectivity index (χ0n) is 10.5. The number of amides is 1. The van der Waals surface area contributed by atoms with E-state index in [0.29, 0.717) is 11.3 Å². The molecule has 1 N–H and O–H groups in total. The van der Waals surface area contributed by atoms with Crippen LogP contribution >= 0.6 is 11.3 Å². The van der Waals surface area contributed by atoms with Crippen LogP contribution in [0.3, 0.4) is 0 Å². The van der Waals surface area contributed by atoms with Crippen LogP contribution < -0.4 is 5.32 Å². The molecule has 0 atom stereocenters. The van der Waals surface area contributed by atoms with Crippen molar-refractivity contribution in [3.05, 3.63) is 51.0 Å². The molecule has 1 amide bonds. The third kappa shape index (κ3) is 2.59. The quantitative estimate of drug-likeness (QED) is 0.869. The molecule has 0 aliphatic carbocycles. The Balaban J connectivity index is 2.26. The van der Waals surface area contributed by atoms with Crippen molar-refractivity contribution in [1.29, 1.82) is 0 Å². The molecule has 1 aromatic carbocycles. The van der Waals surface area contributed by atoms with Gasteiger partial charge in [0.05, 0.1) is 5.56 Å². The molecule has 0 spiro atoms. The summed E-state index contributed by atoms with van der Waals surface area (Å²) >= 11 is 1.58. The van der Waals surface area contributed by atoms with Crippen LogP contribution in [-0.4, -0.2) is 5.91 Å². The molecule has 0 saturated carbocycles. The Morgan fingerprint density at radius 2 is 1.94 bits per heavy atom. The zero-order chi connectivity index (χ0) is 13.3. The molecule has 0 bridgehead atoms. The van der Waals surface area contributed by atoms with Crippen molar-refractivity contribution in [3.8, 4) is 0 Å². The second-order valence-corrected chi connectivity index (χ2v) is 5.70. The Labute approximate surface area is 109 Å². The van der Waals surface area contributed by atoms with Gasteiger partial charge in [-0.2, -0.15) is 0 Å². The monoisotopic (exact) mass is 263 g/mol. The SMILES string of the molecule is Cc1cc(C(=O)Nc2cc(F)ccc2C)c(C)s1. The lowest BCUT2D eigenvalue weighted by molar-refractivity contribution is 0.102. The first kappa shape index (κ1) is 12.8. The number of carbonyl (C=O) groups excluding carboxylic acids is 1. The van der Waals surface area contributed by atoms with Crippen LogP contribution in [0.4, 0.5) is 10.1 Å². The topological polar surface area (TPSA) is 29.1 Å². The molecule has 0 aliphatic rings. The molecule has 0 radical (unpaired) electrons. The lowest BCUT2D eigenvalue weighted by atomic mass is 10.1. The van der Waals surface area contributed by atoms with Gasteiger partial charge in [-0.3, -0.25) is 4.79 Å². The smallest absolute Gasteiger partial charge is 0.256 e. The van der Waals surface area contributed by atoms with E-state index in [4.69, 9.17) is 0 Å². The van der Waals surface area contributed by atoms with Crippen LogP contribution in [0, 0.1) is 26.6 Å². The number of hydrogen-bond acceptors (Lipinski definition) is 2. The van der Waals surface area contributed by atoms with Gasteiger partial charge in [0.1, 0.15) is 5.82 Å². The minimum absolute atomic E-state index is 0.189.